The Kier molecular flexibility index (Phi) is 3.45. The summed E-state index contributed by atoms with van der Waals surface area (Å²) in [6, 6.07) is 16.8. The van der Waals surface area contributed by atoms with Gasteiger partial charge in [-0.05, 0) is 0 Å². The summed E-state index contributed by atoms with van der Waals surface area (Å²) >= 11 is 8.21. The second-order valence-corrected chi connectivity index (χ2v) is 8.41. The van der Waals surface area contributed by atoms with Crippen LogP contribution in [0.25, 0.3) is 10.1 Å². The molecule has 2 aromatic carbocycles. The Morgan fingerprint density at radius 1 is 1.00 bits per heavy atom. The van der Waals surface area contributed by atoms with Crippen LogP contribution in [0.5, 0.6) is 0 Å². The third-order valence-corrected chi connectivity index (χ3v) is 7.20. The predicted octanol–water partition coefficient (Wildman–Crippen LogP) is 3.52. The van der Waals surface area contributed by atoms with Crippen LogP contribution in [0, 0.1) is 6.92 Å². The van der Waals surface area contributed by atoms with Gasteiger partial charge in [0.05, 0.1) is 0 Å². The zero-order valence-corrected chi connectivity index (χ0v) is 13.1. The quantitative estimate of drug-likeness (QED) is 0.628. The van der Waals surface area contributed by atoms with E-state index in [0.717, 1.165) is 5.02 Å². The third-order valence-electron chi connectivity index (χ3n) is 2.82. The van der Waals surface area contributed by atoms with Crippen LogP contribution in [0.3, 0.4) is 0 Å². The Bertz CT molecular complexity index is 685. The molecule has 90 valence electrons. The fourth-order valence-corrected chi connectivity index (χ4v) is 5.87. The van der Waals surface area contributed by atoms with Crippen LogP contribution in [0.1, 0.15) is 5.56 Å². The molecule has 0 saturated carbocycles. The Hall–Kier alpha value is -0.791. The van der Waals surface area contributed by atoms with E-state index in [2.05, 4.69) is 43.3 Å². The van der Waals surface area contributed by atoms with Crippen LogP contribution in [0.15, 0.2) is 48.5 Å². The molecular weight excluding hydrogens is 327 g/mol. The predicted molar refractivity (Wildman–Crippen MR) is 83.0 cm³/mol. The third kappa shape index (κ3) is 2.34. The first-order valence-electron chi connectivity index (χ1n) is 5.65. The van der Waals surface area contributed by atoms with Crippen LogP contribution in [0.4, 0.5) is 0 Å². The van der Waals surface area contributed by atoms with E-state index in [-0.39, 0.29) is 0 Å². The molecule has 3 heteroatoms. The van der Waals surface area contributed by atoms with Gasteiger partial charge in [0.2, 0.25) is 0 Å². The number of hydrogen-bond acceptors (Lipinski definition) is 1. The average molecular weight is 338 g/mol. The van der Waals surface area contributed by atoms with Gasteiger partial charge in [0.1, 0.15) is 0 Å². The number of hydrogen-bond donors (Lipinski definition) is 0. The molecule has 3 rings (SSSR count). The molecule has 0 aliphatic carbocycles. The van der Waals surface area contributed by atoms with Crippen LogP contribution in [-0.2, 0) is 0 Å². The molecule has 0 unspecified atom stereocenters. The first-order chi connectivity index (χ1) is 8.74. The Morgan fingerprint density at radius 3 is 2.44 bits per heavy atom. The van der Waals surface area contributed by atoms with Crippen molar-refractivity contribution < 1.29 is 0 Å². The van der Waals surface area contributed by atoms with Gasteiger partial charge in [0.25, 0.3) is 0 Å². The van der Waals surface area contributed by atoms with Crippen LogP contribution in [0.2, 0.25) is 5.02 Å². The van der Waals surface area contributed by atoms with Crippen molar-refractivity contribution in [1.82, 2.24) is 0 Å². The minimum absolute atomic E-state index is 0.373. The van der Waals surface area contributed by atoms with Gasteiger partial charge in [-0.3, -0.25) is 0 Å². The molecule has 0 amide bonds. The normalized spacial score (nSPS) is 11.0. The molecule has 18 heavy (non-hydrogen) atoms. The molecule has 0 atom stereocenters. The van der Waals surface area contributed by atoms with E-state index in [9.17, 15) is 0 Å². The van der Waals surface area contributed by atoms with E-state index in [0.29, 0.717) is 15.0 Å². The van der Waals surface area contributed by atoms with Crippen LogP contribution >= 0.6 is 22.9 Å². The van der Waals surface area contributed by atoms with Crippen molar-refractivity contribution in [3.63, 3.8) is 0 Å². The van der Waals surface area contributed by atoms with E-state index in [1.54, 1.807) is 0 Å². The molecule has 1 heterocycles. The summed E-state index contributed by atoms with van der Waals surface area (Å²) in [6.45, 7) is 2.23. The molecule has 0 fully saturated rings. The zero-order chi connectivity index (χ0) is 12.5. The Morgan fingerprint density at radius 2 is 1.72 bits per heavy atom. The van der Waals surface area contributed by atoms with Crippen molar-refractivity contribution >= 4 is 56.2 Å². The summed E-state index contributed by atoms with van der Waals surface area (Å²) in [4.78, 5) is 0. The summed E-state index contributed by atoms with van der Waals surface area (Å²) in [5.74, 6) is 0. The van der Waals surface area contributed by atoms with Gasteiger partial charge in [-0.15, -0.1) is 0 Å². The van der Waals surface area contributed by atoms with Gasteiger partial charge in [-0.25, -0.2) is 0 Å². The summed E-state index contributed by atoms with van der Waals surface area (Å²) in [5.41, 5.74) is 1.44. The molecule has 3 aromatic rings. The summed E-state index contributed by atoms with van der Waals surface area (Å²) in [7, 11) is 0. The molecule has 0 spiro atoms. The first-order valence-corrected chi connectivity index (χ1v) is 8.56. The first kappa shape index (κ1) is 12.3. The van der Waals surface area contributed by atoms with Crippen molar-refractivity contribution in [1.29, 1.82) is 0 Å². The summed E-state index contributed by atoms with van der Waals surface area (Å²) in [6.07, 6.45) is 0. The number of halogens is 1. The Labute approximate surface area is 122 Å². The van der Waals surface area contributed by atoms with Crippen LogP contribution < -0.4 is 8.24 Å². The maximum atomic E-state index is 5.92. The van der Waals surface area contributed by atoms with Crippen LogP contribution in [-0.4, -0.2) is 15.0 Å². The molecule has 0 N–H and O–H groups in total. The SMILES string of the molecule is Cc1c([Se]c2ccc(Cl)cc2)sc2ccccc12. The second-order valence-electron chi connectivity index (χ2n) is 4.07. The summed E-state index contributed by atoms with van der Waals surface area (Å²) < 4.78 is 4.27. The molecular formula is C15H11ClSSe. The van der Waals surface area contributed by atoms with Gasteiger partial charge in [-0.1, -0.05) is 0 Å². The van der Waals surface area contributed by atoms with Crippen molar-refractivity contribution in [3.8, 4) is 0 Å². The van der Waals surface area contributed by atoms with E-state index in [4.69, 9.17) is 11.6 Å². The molecule has 0 saturated heterocycles. The molecule has 1 aromatic heterocycles. The van der Waals surface area contributed by atoms with Crippen molar-refractivity contribution in [2.75, 3.05) is 0 Å². The second kappa shape index (κ2) is 5.06. The molecule has 0 bridgehead atoms. The van der Waals surface area contributed by atoms with Crippen molar-refractivity contribution in [2.24, 2.45) is 0 Å². The molecule has 0 radical (unpaired) electrons. The molecule has 0 nitrogen and oxygen atoms in total. The van der Waals surface area contributed by atoms with Gasteiger partial charge in [-0.2, -0.15) is 0 Å². The zero-order valence-electron chi connectivity index (χ0n) is 9.81. The van der Waals surface area contributed by atoms with Gasteiger partial charge < -0.3 is 0 Å². The number of fused-ring (bicyclic) bond motifs is 1. The minimum atomic E-state index is 0.373. The van der Waals surface area contributed by atoms with Gasteiger partial charge >= 0.3 is 122 Å². The topological polar surface area (TPSA) is 0 Å². The van der Waals surface area contributed by atoms with Crippen molar-refractivity contribution in [3.05, 3.63) is 59.1 Å². The standard InChI is InChI=1S/C15H11ClSSe/c1-10-13-4-2-3-5-14(13)17-15(10)18-12-8-6-11(16)7-9-12/h2-9H,1H3. The maximum absolute atomic E-state index is 5.92. The van der Waals surface area contributed by atoms with Gasteiger partial charge in [0.15, 0.2) is 0 Å². The number of thiophene rings is 1. The monoisotopic (exact) mass is 338 g/mol. The average Bonchev–Trinajstić information content (AvgIpc) is 2.70. The van der Waals surface area contributed by atoms with E-state index in [1.807, 2.05) is 23.5 Å². The number of aryl methyl sites for hydroxylation is 1. The van der Waals surface area contributed by atoms with Gasteiger partial charge in [0, 0.05) is 0 Å². The fraction of sp³-hybridized carbons (Fsp3) is 0.0667. The number of rotatable bonds is 2. The molecule has 0 aliphatic rings. The number of benzene rings is 2. The van der Waals surface area contributed by atoms with E-state index in [1.165, 1.54) is 23.9 Å². The van der Waals surface area contributed by atoms with E-state index < -0.39 is 0 Å². The summed E-state index contributed by atoms with van der Waals surface area (Å²) in [5, 5.41) is 2.20. The Balaban J connectivity index is 1.99. The van der Waals surface area contributed by atoms with Crippen molar-refractivity contribution in [2.45, 2.75) is 6.92 Å². The fourth-order valence-electron chi connectivity index (χ4n) is 1.86. The molecule has 0 aliphatic heterocycles. The van der Waals surface area contributed by atoms with E-state index >= 15 is 0 Å².